The zero-order chi connectivity index (χ0) is 14.7. The van der Waals surface area contributed by atoms with Crippen molar-refractivity contribution < 1.29 is 9.59 Å². The van der Waals surface area contributed by atoms with Gasteiger partial charge in [-0.05, 0) is 24.6 Å². The summed E-state index contributed by atoms with van der Waals surface area (Å²) in [6.45, 7) is 1.82. The minimum absolute atomic E-state index is 0.288. The second-order valence-corrected chi connectivity index (χ2v) is 5.48. The van der Waals surface area contributed by atoms with E-state index in [-0.39, 0.29) is 5.69 Å². The van der Waals surface area contributed by atoms with Crippen LogP contribution in [-0.2, 0) is 0 Å². The lowest BCUT2D eigenvalue weighted by atomic mass is 9.87. The van der Waals surface area contributed by atoms with Gasteiger partial charge in [0.1, 0.15) is 17.0 Å². The van der Waals surface area contributed by atoms with Crippen molar-refractivity contribution in [2.45, 2.75) is 6.92 Å². The van der Waals surface area contributed by atoms with E-state index in [2.05, 4.69) is 4.98 Å². The molecule has 0 aliphatic heterocycles. The maximum Gasteiger partial charge on any atom is 0.252 e. The molecule has 0 amide bonds. The van der Waals surface area contributed by atoms with Crippen LogP contribution in [0.5, 0.6) is 0 Å². The highest BCUT2D eigenvalue weighted by atomic mass is 35.5. The summed E-state index contributed by atoms with van der Waals surface area (Å²) in [6, 6.07) is 8.94. The average Bonchev–Trinajstić information content (AvgIpc) is 2.83. The van der Waals surface area contributed by atoms with E-state index in [0.29, 0.717) is 27.5 Å². The van der Waals surface area contributed by atoms with Gasteiger partial charge in [-0.3, -0.25) is 14.0 Å². The Labute approximate surface area is 125 Å². The van der Waals surface area contributed by atoms with Gasteiger partial charge in [-0.15, -0.1) is 0 Å². The van der Waals surface area contributed by atoms with Gasteiger partial charge < -0.3 is 0 Å². The minimum Gasteiger partial charge on any atom is -0.295 e. The summed E-state index contributed by atoms with van der Waals surface area (Å²) in [5.74, 6) is -1.03. The van der Waals surface area contributed by atoms with Gasteiger partial charge in [0.2, 0.25) is 5.78 Å². The number of carbonyl (C=O) groups excluding carboxylic acids is 2. The second kappa shape index (κ2) is 4.02. The predicted molar refractivity (Wildman–Crippen MR) is 79.0 cm³/mol. The molecule has 5 heteroatoms. The third kappa shape index (κ3) is 1.53. The molecule has 21 heavy (non-hydrogen) atoms. The number of halogens is 1. The molecule has 0 fully saturated rings. The molecule has 1 aromatic carbocycles. The van der Waals surface area contributed by atoms with Crippen molar-refractivity contribution in [3.63, 3.8) is 0 Å². The van der Waals surface area contributed by atoms with E-state index in [0.717, 1.165) is 5.56 Å². The van der Waals surface area contributed by atoms with Gasteiger partial charge in [0.05, 0.1) is 5.02 Å². The number of ketones is 2. The molecule has 102 valence electrons. The summed E-state index contributed by atoms with van der Waals surface area (Å²) in [6.07, 6.45) is 1.61. The molecule has 3 aromatic rings. The Balaban J connectivity index is 2.19. The number of imidazole rings is 1. The maximum atomic E-state index is 12.5. The van der Waals surface area contributed by atoms with Crippen LogP contribution in [0.4, 0.5) is 0 Å². The summed E-state index contributed by atoms with van der Waals surface area (Å²) in [5, 5.41) is 0.484. The highest BCUT2D eigenvalue weighted by Gasteiger charge is 2.35. The molecular weight excluding hydrogens is 288 g/mol. The van der Waals surface area contributed by atoms with Crippen molar-refractivity contribution in [3.05, 3.63) is 58.4 Å². The standard InChI is InChI=1S/C16H9ClN2O2/c1-8-3-2-4-10-12(8)15(20)16(21)14-13(10)18-11-6-5-9(17)7-19(11)14/h2-7H,1H3. The molecule has 0 saturated heterocycles. The third-order valence-electron chi connectivity index (χ3n) is 3.76. The first kappa shape index (κ1) is 12.3. The van der Waals surface area contributed by atoms with Crippen LogP contribution in [-0.4, -0.2) is 21.0 Å². The molecule has 4 rings (SSSR count). The van der Waals surface area contributed by atoms with Gasteiger partial charge in [0.15, 0.2) is 0 Å². The van der Waals surface area contributed by atoms with Crippen molar-refractivity contribution in [3.8, 4) is 11.3 Å². The number of pyridine rings is 1. The third-order valence-corrected chi connectivity index (χ3v) is 3.98. The number of nitrogens with zero attached hydrogens (tertiary/aromatic N) is 2. The molecule has 0 saturated carbocycles. The van der Waals surface area contributed by atoms with Gasteiger partial charge in [-0.2, -0.15) is 0 Å². The summed E-state index contributed by atoms with van der Waals surface area (Å²) in [4.78, 5) is 29.4. The van der Waals surface area contributed by atoms with E-state index in [1.807, 2.05) is 25.1 Å². The van der Waals surface area contributed by atoms with Gasteiger partial charge >= 0.3 is 0 Å². The summed E-state index contributed by atoms with van der Waals surface area (Å²) < 4.78 is 1.59. The van der Waals surface area contributed by atoms with E-state index >= 15 is 0 Å². The van der Waals surface area contributed by atoms with Crippen LogP contribution in [0.2, 0.25) is 5.02 Å². The van der Waals surface area contributed by atoms with Crippen molar-refractivity contribution in [2.75, 3.05) is 0 Å². The molecule has 0 radical (unpaired) electrons. The Bertz CT molecular complexity index is 956. The summed E-state index contributed by atoms with van der Waals surface area (Å²) in [5.41, 5.74) is 3.36. The van der Waals surface area contributed by atoms with Gasteiger partial charge in [0, 0.05) is 17.3 Å². The first-order chi connectivity index (χ1) is 10.1. The maximum absolute atomic E-state index is 12.5. The summed E-state index contributed by atoms with van der Waals surface area (Å²) >= 11 is 5.98. The van der Waals surface area contributed by atoms with E-state index in [1.165, 1.54) is 0 Å². The Morgan fingerprint density at radius 2 is 1.90 bits per heavy atom. The first-order valence-corrected chi connectivity index (χ1v) is 6.82. The van der Waals surface area contributed by atoms with Gasteiger partial charge in [-0.25, -0.2) is 4.98 Å². The summed E-state index contributed by atoms with van der Waals surface area (Å²) in [7, 11) is 0. The van der Waals surface area contributed by atoms with Crippen molar-refractivity contribution in [1.29, 1.82) is 0 Å². The Kier molecular flexibility index (Phi) is 2.35. The molecule has 0 spiro atoms. The quantitative estimate of drug-likeness (QED) is 0.598. The van der Waals surface area contributed by atoms with Crippen LogP contribution < -0.4 is 0 Å². The minimum atomic E-state index is -0.540. The number of Topliss-reactive ketones (excluding diaryl/α,β-unsaturated/α-hetero) is 2. The highest BCUT2D eigenvalue weighted by Crippen LogP contribution is 2.35. The lowest BCUT2D eigenvalue weighted by Crippen LogP contribution is -2.23. The monoisotopic (exact) mass is 296 g/mol. The van der Waals surface area contributed by atoms with Crippen LogP contribution in [0.3, 0.4) is 0 Å². The SMILES string of the molecule is Cc1cccc2c1C(=O)C(=O)c1c-2nc2ccc(Cl)cn12. The highest BCUT2D eigenvalue weighted by molar-refractivity contribution is 6.52. The number of rotatable bonds is 0. The number of aromatic nitrogens is 2. The smallest absolute Gasteiger partial charge is 0.252 e. The number of fused-ring (bicyclic) bond motifs is 5. The number of hydrogen-bond donors (Lipinski definition) is 0. The number of benzene rings is 1. The molecule has 0 atom stereocenters. The van der Waals surface area contributed by atoms with E-state index in [1.54, 1.807) is 22.7 Å². The van der Waals surface area contributed by atoms with Gasteiger partial charge in [-0.1, -0.05) is 29.8 Å². The molecule has 4 nitrogen and oxygen atoms in total. The lowest BCUT2D eigenvalue weighted by Gasteiger charge is -2.15. The molecule has 0 bridgehead atoms. The van der Waals surface area contributed by atoms with E-state index < -0.39 is 11.6 Å². The van der Waals surface area contributed by atoms with E-state index in [9.17, 15) is 9.59 Å². The topological polar surface area (TPSA) is 51.4 Å². The van der Waals surface area contributed by atoms with Crippen LogP contribution in [0.1, 0.15) is 26.4 Å². The average molecular weight is 297 g/mol. The Morgan fingerprint density at radius 1 is 1.10 bits per heavy atom. The zero-order valence-corrected chi connectivity index (χ0v) is 11.8. The fourth-order valence-corrected chi connectivity index (χ4v) is 2.97. The molecule has 1 aliphatic carbocycles. The number of aryl methyl sites for hydroxylation is 1. The molecular formula is C16H9ClN2O2. The molecule has 0 unspecified atom stereocenters. The number of carbonyl (C=O) groups is 2. The first-order valence-electron chi connectivity index (χ1n) is 6.44. The molecule has 0 N–H and O–H groups in total. The van der Waals surface area contributed by atoms with Crippen LogP contribution in [0.25, 0.3) is 16.9 Å². The van der Waals surface area contributed by atoms with Crippen LogP contribution in [0, 0.1) is 6.92 Å². The second-order valence-electron chi connectivity index (χ2n) is 5.04. The normalized spacial score (nSPS) is 13.4. The van der Waals surface area contributed by atoms with Crippen LogP contribution in [0.15, 0.2) is 36.5 Å². The molecule has 2 heterocycles. The van der Waals surface area contributed by atoms with Crippen molar-refractivity contribution in [2.24, 2.45) is 0 Å². The fourth-order valence-electron chi connectivity index (χ4n) is 2.81. The predicted octanol–water partition coefficient (Wildman–Crippen LogP) is 3.34. The Morgan fingerprint density at radius 3 is 2.71 bits per heavy atom. The lowest BCUT2D eigenvalue weighted by molar-refractivity contribution is 0.0811. The Hall–Kier alpha value is -2.46. The van der Waals surface area contributed by atoms with Gasteiger partial charge in [0.25, 0.3) is 5.78 Å². The van der Waals surface area contributed by atoms with E-state index in [4.69, 9.17) is 11.6 Å². The molecule has 1 aliphatic rings. The largest absolute Gasteiger partial charge is 0.295 e. The molecule has 2 aromatic heterocycles. The van der Waals surface area contributed by atoms with Crippen LogP contribution >= 0.6 is 11.6 Å². The fraction of sp³-hybridized carbons (Fsp3) is 0.0625. The van der Waals surface area contributed by atoms with Crippen molar-refractivity contribution in [1.82, 2.24) is 9.38 Å². The number of hydrogen-bond acceptors (Lipinski definition) is 3. The van der Waals surface area contributed by atoms with Crippen molar-refractivity contribution >= 4 is 28.8 Å². The zero-order valence-electron chi connectivity index (χ0n) is 11.1.